The summed E-state index contributed by atoms with van der Waals surface area (Å²) in [5, 5.41) is 10.6. The van der Waals surface area contributed by atoms with E-state index in [1.165, 1.54) is 98.0 Å². The Morgan fingerprint density at radius 2 is 0.867 bits per heavy atom. The fraction of sp³-hybridized carbons (Fsp3) is 0.0526. The van der Waals surface area contributed by atoms with E-state index in [1.807, 2.05) is 0 Å². The molecule has 0 amide bonds. The van der Waals surface area contributed by atoms with E-state index in [0.717, 1.165) is 0 Å². The summed E-state index contributed by atoms with van der Waals surface area (Å²) in [4.78, 5) is 0. The normalized spacial score (nSPS) is 13.3. The molecule has 0 N–H and O–H groups in total. The summed E-state index contributed by atoms with van der Waals surface area (Å²) in [5.74, 6) is 0. The molecule has 0 unspecified atom stereocenters. The summed E-state index contributed by atoms with van der Waals surface area (Å²) in [7, 11) is -2.96. The molecule has 284 valence electrons. The van der Waals surface area contributed by atoms with Crippen molar-refractivity contribution in [2.24, 2.45) is 0 Å². The van der Waals surface area contributed by atoms with Crippen LogP contribution >= 0.6 is 0 Å². The third-order valence-corrected chi connectivity index (χ3v) is 18.2. The maximum atomic E-state index is 2.53. The number of hydrogen-bond acceptors (Lipinski definition) is 0. The van der Waals surface area contributed by atoms with Gasteiger partial charge in [-0.3, -0.25) is 0 Å². The van der Waals surface area contributed by atoms with Crippen molar-refractivity contribution in [1.82, 2.24) is 9.13 Å². The van der Waals surface area contributed by atoms with Crippen molar-refractivity contribution in [3.63, 3.8) is 0 Å². The lowest BCUT2D eigenvalue weighted by atomic mass is 9.82. The maximum Gasteiger partial charge on any atom is 0.179 e. The highest BCUT2D eigenvalue weighted by atomic mass is 28.3. The summed E-state index contributed by atoms with van der Waals surface area (Å²) in [5.41, 5.74) is 12.7. The second kappa shape index (κ2) is 13.2. The summed E-state index contributed by atoms with van der Waals surface area (Å²) in [6.07, 6.45) is 0. The van der Waals surface area contributed by atoms with Crippen LogP contribution < -0.4 is 20.7 Å². The van der Waals surface area contributed by atoms with Gasteiger partial charge in [0.15, 0.2) is 8.07 Å². The van der Waals surface area contributed by atoms with Gasteiger partial charge in [0.05, 0.1) is 22.1 Å². The molecule has 12 rings (SSSR count). The Balaban J connectivity index is 1.16. The van der Waals surface area contributed by atoms with Gasteiger partial charge in [-0.2, -0.15) is 0 Å². The molecule has 0 radical (unpaired) electrons. The first-order chi connectivity index (χ1) is 29.5. The van der Waals surface area contributed by atoms with Gasteiger partial charge in [0.2, 0.25) is 0 Å². The topological polar surface area (TPSA) is 9.86 Å². The number of hydrogen-bond donors (Lipinski definition) is 0. The van der Waals surface area contributed by atoms with Gasteiger partial charge in [0, 0.05) is 38.3 Å². The average molecular weight is 783 g/mol. The van der Waals surface area contributed by atoms with Crippen LogP contribution in [0.5, 0.6) is 0 Å². The van der Waals surface area contributed by atoms with Crippen molar-refractivity contribution in [1.29, 1.82) is 0 Å². The SMILES string of the molecule is CC1(C)c2ccccc2-c2c1ccc1c2c2ccccc2n1-c1cccc([Si](c2ccccc2)(c2ccccc2)c2ccc3c(c2)c2ccccc2n3-c2ccccc2)c1. The predicted octanol–water partition coefficient (Wildman–Crippen LogP) is 11.6. The lowest BCUT2D eigenvalue weighted by Crippen LogP contribution is -2.74. The number of benzene rings is 9. The zero-order valence-electron chi connectivity index (χ0n) is 33.7. The van der Waals surface area contributed by atoms with Crippen molar-refractivity contribution in [2.45, 2.75) is 19.3 Å². The molecule has 2 heterocycles. The highest BCUT2D eigenvalue weighted by Gasteiger charge is 2.42. The lowest BCUT2D eigenvalue weighted by molar-refractivity contribution is 0.661. The van der Waals surface area contributed by atoms with Crippen LogP contribution in [0.2, 0.25) is 0 Å². The van der Waals surface area contributed by atoms with Crippen molar-refractivity contribution in [3.05, 3.63) is 230 Å². The molecule has 0 fully saturated rings. The quantitative estimate of drug-likeness (QED) is 0.117. The van der Waals surface area contributed by atoms with Crippen LogP contribution in [0.15, 0.2) is 218 Å². The van der Waals surface area contributed by atoms with Crippen molar-refractivity contribution < 1.29 is 0 Å². The molecule has 11 aromatic rings. The van der Waals surface area contributed by atoms with E-state index >= 15 is 0 Å². The van der Waals surface area contributed by atoms with Crippen LogP contribution in [-0.4, -0.2) is 17.2 Å². The minimum absolute atomic E-state index is 0.0751. The number of aromatic nitrogens is 2. The maximum absolute atomic E-state index is 2.96. The van der Waals surface area contributed by atoms with Gasteiger partial charge in [0.25, 0.3) is 0 Å². The molecule has 1 aliphatic carbocycles. The molecule has 2 aromatic heterocycles. The number of para-hydroxylation sites is 3. The Kier molecular flexibility index (Phi) is 7.63. The Bertz CT molecular complexity index is 3410. The van der Waals surface area contributed by atoms with Crippen LogP contribution in [0.1, 0.15) is 25.0 Å². The highest BCUT2D eigenvalue weighted by Crippen LogP contribution is 2.53. The fourth-order valence-electron chi connectivity index (χ4n) is 10.8. The lowest BCUT2D eigenvalue weighted by Gasteiger charge is -2.35. The average Bonchev–Trinajstić information content (AvgIpc) is 3.91. The highest BCUT2D eigenvalue weighted by molar-refractivity contribution is 7.20. The number of rotatable bonds is 6. The Morgan fingerprint density at radius 1 is 0.350 bits per heavy atom. The van der Waals surface area contributed by atoms with Gasteiger partial charge < -0.3 is 9.13 Å². The third-order valence-electron chi connectivity index (χ3n) is 13.5. The molecular formula is C57H42N2Si. The summed E-state index contributed by atoms with van der Waals surface area (Å²) in [6, 6.07) is 81.9. The Hall–Kier alpha value is -7.20. The molecule has 0 saturated heterocycles. The van der Waals surface area contributed by atoms with E-state index in [2.05, 4.69) is 241 Å². The zero-order chi connectivity index (χ0) is 40.0. The predicted molar refractivity (Wildman–Crippen MR) is 256 cm³/mol. The van der Waals surface area contributed by atoms with Gasteiger partial charge in [-0.25, -0.2) is 0 Å². The molecular weight excluding hydrogens is 741 g/mol. The third kappa shape index (κ3) is 4.81. The van der Waals surface area contributed by atoms with Gasteiger partial charge in [-0.15, -0.1) is 0 Å². The van der Waals surface area contributed by atoms with E-state index in [-0.39, 0.29) is 5.41 Å². The zero-order valence-corrected chi connectivity index (χ0v) is 34.7. The first-order valence-electron chi connectivity index (χ1n) is 21.0. The summed E-state index contributed by atoms with van der Waals surface area (Å²) >= 11 is 0. The monoisotopic (exact) mass is 782 g/mol. The van der Waals surface area contributed by atoms with Gasteiger partial charge in [-0.1, -0.05) is 184 Å². The second-order valence-electron chi connectivity index (χ2n) is 16.9. The first kappa shape index (κ1) is 34.8. The largest absolute Gasteiger partial charge is 0.309 e. The molecule has 3 heteroatoms. The molecule has 0 saturated carbocycles. The molecule has 0 atom stereocenters. The first-order valence-corrected chi connectivity index (χ1v) is 23.0. The van der Waals surface area contributed by atoms with Crippen LogP contribution in [0, 0.1) is 0 Å². The fourth-order valence-corrected chi connectivity index (χ4v) is 15.6. The van der Waals surface area contributed by atoms with Crippen molar-refractivity contribution in [2.75, 3.05) is 0 Å². The van der Waals surface area contributed by atoms with E-state index in [4.69, 9.17) is 0 Å². The number of nitrogens with zero attached hydrogens (tertiary/aromatic N) is 2. The van der Waals surface area contributed by atoms with Crippen LogP contribution in [0.3, 0.4) is 0 Å². The van der Waals surface area contributed by atoms with Crippen LogP contribution in [0.4, 0.5) is 0 Å². The van der Waals surface area contributed by atoms with E-state index in [1.54, 1.807) is 0 Å². The minimum atomic E-state index is -2.96. The molecule has 0 spiro atoms. The molecule has 2 nitrogen and oxygen atoms in total. The Morgan fingerprint density at radius 3 is 1.60 bits per heavy atom. The molecule has 0 bridgehead atoms. The van der Waals surface area contributed by atoms with E-state index in [9.17, 15) is 0 Å². The van der Waals surface area contributed by atoms with Gasteiger partial charge in [0.1, 0.15) is 0 Å². The van der Waals surface area contributed by atoms with Gasteiger partial charge >= 0.3 is 0 Å². The second-order valence-corrected chi connectivity index (χ2v) is 20.7. The van der Waals surface area contributed by atoms with Crippen molar-refractivity contribution >= 4 is 72.4 Å². The summed E-state index contributed by atoms with van der Waals surface area (Å²) in [6.45, 7) is 4.75. The molecule has 9 aromatic carbocycles. The minimum Gasteiger partial charge on any atom is -0.309 e. The van der Waals surface area contributed by atoms with Crippen molar-refractivity contribution in [3.8, 4) is 22.5 Å². The summed E-state index contributed by atoms with van der Waals surface area (Å²) < 4.78 is 4.94. The standard InChI is InChI=1S/C57H42N2Si/c1-57(2)49-30-15-12-28-46(49)55-50(57)34-36-54-56(55)47-29-14-17-32-52(47)59(54)40-21-18-26-43(37-40)60(41-22-8-4-9-23-41,42-24-10-5-11-25-42)44-33-35-53-48(38-44)45-27-13-16-31-51(45)58(53)39-19-6-3-7-20-39/h3-38H,1-2H3. The van der Waals surface area contributed by atoms with Gasteiger partial charge in [-0.05, 0) is 91.5 Å². The molecule has 0 aliphatic heterocycles. The van der Waals surface area contributed by atoms with E-state index < -0.39 is 8.07 Å². The van der Waals surface area contributed by atoms with Crippen LogP contribution in [0.25, 0.3) is 66.1 Å². The van der Waals surface area contributed by atoms with E-state index in [0.29, 0.717) is 0 Å². The smallest absolute Gasteiger partial charge is 0.179 e. The number of fused-ring (bicyclic) bond motifs is 10. The van der Waals surface area contributed by atoms with Crippen LogP contribution in [-0.2, 0) is 5.41 Å². The molecule has 60 heavy (non-hydrogen) atoms. The Labute approximate surface area is 351 Å². The molecule has 1 aliphatic rings.